The number of piperidine rings is 1. The third-order valence-electron chi connectivity index (χ3n) is 5.01. The van der Waals surface area contributed by atoms with Gasteiger partial charge in [0.2, 0.25) is 5.75 Å². The van der Waals surface area contributed by atoms with Crippen molar-refractivity contribution in [3.05, 3.63) is 60.6 Å². The zero-order valence-corrected chi connectivity index (χ0v) is 16.7. The van der Waals surface area contributed by atoms with Gasteiger partial charge in [0.25, 0.3) is 11.8 Å². The Morgan fingerprint density at radius 2 is 1.90 bits per heavy atom. The standard InChI is InChI=1S/C22H23N5O3/c1-29-19-18(23)9-12-26-21(19)30-15-6-4-13-27(14-15)22(28)17-8-3-2-7-16(17)20-24-10-5-11-25-20/h2-3,5,7-12,15H,4,6,13-14H2,1H3,(H2,23,26). The van der Waals surface area contributed by atoms with E-state index < -0.39 is 0 Å². The van der Waals surface area contributed by atoms with Crippen LogP contribution in [0.2, 0.25) is 0 Å². The highest BCUT2D eigenvalue weighted by atomic mass is 16.5. The molecule has 0 spiro atoms. The Hall–Kier alpha value is -3.68. The van der Waals surface area contributed by atoms with Crippen LogP contribution >= 0.6 is 0 Å². The Morgan fingerprint density at radius 3 is 2.70 bits per heavy atom. The van der Waals surface area contributed by atoms with Crippen LogP contribution in [0.3, 0.4) is 0 Å². The number of rotatable bonds is 5. The molecule has 1 aliphatic rings. The molecular weight excluding hydrogens is 382 g/mol. The summed E-state index contributed by atoms with van der Waals surface area (Å²) >= 11 is 0. The monoisotopic (exact) mass is 405 g/mol. The van der Waals surface area contributed by atoms with Crippen LogP contribution in [0.4, 0.5) is 5.69 Å². The van der Waals surface area contributed by atoms with E-state index in [9.17, 15) is 4.79 Å². The van der Waals surface area contributed by atoms with Crippen LogP contribution in [0.1, 0.15) is 23.2 Å². The number of nitrogen functional groups attached to an aromatic ring is 1. The fourth-order valence-electron chi connectivity index (χ4n) is 3.58. The number of nitrogens with two attached hydrogens (primary N) is 1. The second-order valence-corrected chi connectivity index (χ2v) is 6.99. The van der Waals surface area contributed by atoms with Crippen LogP contribution in [0.5, 0.6) is 11.6 Å². The van der Waals surface area contributed by atoms with Gasteiger partial charge in [-0.15, -0.1) is 0 Å². The number of hydrogen-bond acceptors (Lipinski definition) is 7. The lowest BCUT2D eigenvalue weighted by atomic mass is 10.0. The van der Waals surface area contributed by atoms with Crippen molar-refractivity contribution in [3.8, 4) is 23.0 Å². The molecule has 1 fully saturated rings. The third-order valence-corrected chi connectivity index (χ3v) is 5.01. The molecule has 1 saturated heterocycles. The molecule has 8 heteroatoms. The van der Waals surface area contributed by atoms with Gasteiger partial charge in [0.05, 0.1) is 24.9 Å². The zero-order chi connectivity index (χ0) is 20.9. The molecule has 3 aromatic rings. The first-order valence-corrected chi connectivity index (χ1v) is 9.78. The summed E-state index contributed by atoms with van der Waals surface area (Å²) in [5.74, 6) is 1.21. The lowest BCUT2D eigenvalue weighted by Gasteiger charge is -2.33. The summed E-state index contributed by atoms with van der Waals surface area (Å²) in [5.41, 5.74) is 7.69. The van der Waals surface area contributed by atoms with Gasteiger partial charge in [0.15, 0.2) is 5.82 Å². The maximum absolute atomic E-state index is 13.3. The van der Waals surface area contributed by atoms with E-state index in [4.69, 9.17) is 15.2 Å². The number of likely N-dealkylation sites (tertiary alicyclic amines) is 1. The van der Waals surface area contributed by atoms with Gasteiger partial charge in [-0.1, -0.05) is 18.2 Å². The summed E-state index contributed by atoms with van der Waals surface area (Å²) < 4.78 is 11.4. The lowest BCUT2D eigenvalue weighted by molar-refractivity contribution is 0.0522. The smallest absolute Gasteiger partial charge is 0.259 e. The highest BCUT2D eigenvalue weighted by Gasteiger charge is 2.28. The van der Waals surface area contributed by atoms with E-state index in [2.05, 4.69) is 15.0 Å². The first-order valence-electron chi connectivity index (χ1n) is 9.78. The van der Waals surface area contributed by atoms with E-state index in [1.165, 1.54) is 7.11 Å². The number of aromatic nitrogens is 3. The second-order valence-electron chi connectivity index (χ2n) is 6.99. The van der Waals surface area contributed by atoms with E-state index in [0.717, 1.165) is 12.8 Å². The average Bonchev–Trinajstić information content (AvgIpc) is 2.79. The first-order chi connectivity index (χ1) is 14.7. The fourth-order valence-corrected chi connectivity index (χ4v) is 3.58. The van der Waals surface area contributed by atoms with Crippen molar-refractivity contribution in [2.45, 2.75) is 18.9 Å². The van der Waals surface area contributed by atoms with Crippen molar-refractivity contribution in [2.75, 3.05) is 25.9 Å². The van der Waals surface area contributed by atoms with Crippen LogP contribution < -0.4 is 15.2 Å². The predicted octanol–water partition coefficient (Wildman–Crippen LogP) is 2.81. The van der Waals surface area contributed by atoms with Crippen molar-refractivity contribution < 1.29 is 14.3 Å². The van der Waals surface area contributed by atoms with Crippen molar-refractivity contribution >= 4 is 11.6 Å². The zero-order valence-electron chi connectivity index (χ0n) is 16.7. The summed E-state index contributed by atoms with van der Waals surface area (Å²) in [6.07, 6.45) is 6.35. The SMILES string of the molecule is COc1c(N)ccnc1OC1CCCN(C(=O)c2ccccc2-c2ncccn2)C1. The molecule has 0 radical (unpaired) electrons. The topological polar surface area (TPSA) is 103 Å². The van der Waals surface area contributed by atoms with Crippen molar-refractivity contribution in [1.29, 1.82) is 0 Å². The van der Waals surface area contributed by atoms with Gasteiger partial charge in [-0.3, -0.25) is 4.79 Å². The summed E-state index contributed by atoms with van der Waals surface area (Å²) in [6.45, 7) is 1.10. The molecule has 1 atom stereocenters. The van der Waals surface area contributed by atoms with Crippen molar-refractivity contribution in [3.63, 3.8) is 0 Å². The van der Waals surface area contributed by atoms with Crippen LogP contribution in [-0.4, -0.2) is 52.1 Å². The van der Waals surface area contributed by atoms with Gasteiger partial charge in [0, 0.05) is 30.7 Å². The number of benzene rings is 1. The summed E-state index contributed by atoms with van der Waals surface area (Å²) in [7, 11) is 1.53. The van der Waals surface area contributed by atoms with E-state index in [-0.39, 0.29) is 12.0 Å². The number of ether oxygens (including phenoxy) is 2. The number of carbonyl (C=O) groups excluding carboxylic acids is 1. The minimum atomic E-state index is -0.203. The molecule has 0 bridgehead atoms. The molecule has 1 aliphatic heterocycles. The van der Waals surface area contributed by atoms with Crippen molar-refractivity contribution in [1.82, 2.24) is 19.9 Å². The second kappa shape index (κ2) is 8.77. The van der Waals surface area contributed by atoms with Crippen LogP contribution in [0, 0.1) is 0 Å². The van der Waals surface area contributed by atoms with Gasteiger partial charge in [-0.2, -0.15) is 0 Å². The lowest BCUT2D eigenvalue weighted by Crippen LogP contribution is -2.44. The number of nitrogens with zero attached hydrogens (tertiary/aromatic N) is 4. The van der Waals surface area contributed by atoms with Gasteiger partial charge < -0.3 is 20.1 Å². The average molecular weight is 405 g/mol. The maximum Gasteiger partial charge on any atom is 0.259 e. The highest BCUT2D eigenvalue weighted by Crippen LogP contribution is 2.32. The number of amides is 1. The molecule has 2 N–H and O–H groups in total. The van der Waals surface area contributed by atoms with Gasteiger partial charge in [-0.05, 0) is 31.0 Å². The molecule has 0 saturated carbocycles. The first kappa shape index (κ1) is 19.6. The van der Waals surface area contributed by atoms with Gasteiger partial charge in [-0.25, -0.2) is 15.0 Å². The molecular formula is C22H23N5O3. The normalized spacial score (nSPS) is 16.2. The molecule has 2 aromatic heterocycles. The molecule has 3 heterocycles. The summed E-state index contributed by atoms with van der Waals surface area (Å²) in [6, 6.07) is 10.8. The van der Waals surface area contributed by atoms with E-state index in [1.54, 1.807) is 41.7 Å². The van der Waals surface area contributed by atoms with E-state index in [0.29, 0.717) is 47.4 Å². The molecule has 4 rings (SSSR count). The molecule has 30 heavy (non-hydrogen) atoms. The van der Waals surface area contributed by atoms with Gasteiger partial charge in [0.1, 0.15) is 6.10 Å². The number of pyridine rings is 1. The fraction of sp³-hybridized carbons (Fsp3) is 0.273. The quantitative estimate of drug-likeness (QED) is 0.696. The minimum absolute atomic E-state index is 0.0705. The molecule has 1 amide bonds. The maximum atomic E-state index is 13.3. The largest absolute Gasteiger partial charge is 0.490 e. The highest BCUT2D eigenvalue weighted by molar-refractivity contribution is 6.00. The van der Waals surface area contributed by atoms with E-state index >= 15 is 0 Å². The van der Waals surface area contributed by atoms with Crippen LogP contribution in [0.15, 0.2) is 55.0 Å². The summed E-state index contributed by atoms with van der Waals surface area (Å²) in [5, 5.41) is 0. The Kier molecular flexibility index (Phi) is 5.74. The van der Waals surface area contributed by atoms with Crippen molar-refractivity contribution in [2.24, 2.45) is 0 Å². The molecule has 8 nitrogen and oxygen atoms in total. The molecule has 154 valence electrons. The van der Waals surface area contributed by atoms with Crippen LogP contribution in [0.25, 0.3) is 11.4 Å². The number of methoxy groups -OCH3 is 1. The Bertz CT molecular complexity index is 1030. The molecule has 1 aromatic carbocycles. The predicted molar refractivity (Wildman–Crippen MR) is 112 cm³/mol. The Balaban J connectivity index is 1.54. The molecule has 1 unspecified atom stereocenters. The third kappa shape index (κ3) is 4.03. The Morgan fingerprint density at radius 1 is 1.10 bits per heavy atom. The van der Waals surface area contributed by atoms with Gasteiger partial charge >= 0.3 is 0 Å². The number of hydrogen-bond donors (Lipinski definition) is 1. The number of anilines is 1. The number of carbonyl (C=O) groups is 1. The Labute approximate surface area is 174 Å². The van der Waals surface area contributed by atoms with E-state index in [1.807, 2.05) is 18.2 Å². The summed E-state index contributed by atoms with van der Waals surface area (Å²) in [4.78, 5) is 28.0. The molecule has 0 aliphatic carbocycles. The van der Waals surface area contributed by atoms with Crippen LogP contribution in [-0.2, 0) is 0 Å². The minimum Gasteiger partial charge on any atom is -0.490 e.